The molecule has 1 heterocycles. The van der Waals surface area contributed by atoms with Gasteiger partial charge in [-0.05, 0) is 81.0 Å². The van der Waals surface area contributed by atoms with Gasteiger partial charge in [0.15, 0.2) is 0 Å². The van der Waals surface area contributed by atoms with Gasteiger partial charge < -0.3 is 10.2 Å². The molecule has 2 amide bonds. The molecule has 144 valence electrons. The van der Waals surface area contributed by atoms with Crippen molar-refractivity contribution in [2.45, 2.75) is 40.0 Å². The summed E-state index contributed by atoms with van der Waals surface area (Å²) in [6.45, 7) is 6.03. The Kier molecular flexibility index (Phi) is 4.75. The first kappa shape index (κ1) is 18.4. The molecule has 5 nitrogen and oxygen atoms in total. The van der Waals surface area contributed by atoms with E-state index in [-0.39, 0.29) is 24.3 Å². The number of aryl methyl sites for hydroxylation is 3. The molecule has 0 aromatic heterocycles. The molecule has 5 heteroatoms. The predicted molar refractivity (Wildman–Crippen MR) is 113 cm³/mol. The highest BCUT2D eigenvalue weighted by Crippen LogP contribution is 2.39. The van der Waals surface area contributed by atoms with Crippen LogP contribution in [0.5, 0.6) is 0 Å². The van der Waals surface area contributed by atoms with Crippen molar-refractivity contribution in [1.29, 1.82) is 0 Å². The fourth-order valence-electron chi connectivity index (χ4n) is 4.01. The number of nitrogens with zero attached hydrogens (tertiary/aromatic N) is 2. The maximum atomic E-state index is 13.3. The van der Waals surface area contributed by atoms with E-state index in [2.05, 4.69) is 5.32 Å². The van der Waals surface area contributed by atoms with Crippen molar-refractivity contribution in [1.82, 2.24) is 0 Å². The fraction of sp³-hybridized carbons (Fsp3) is 0.348. The molecule has 4 rings (SSSR count). The Morgan fingerprint density at radius 2 is 1.96 bits per heavy atom. The Hall–Kier alpha value is -2.95. The van der Waals surface area contributed by atoms with Crippen LogP contribution < -0.4 is 10.2 Å². The van der Waals surface area contributed by atoms with Gasteiger partial charge in [0, 0.05) is 11.4 Å². The third kappa shape index (κ3) is 3.44. The Labute approximate surface area is 165 Å². The minimum absolute atomic E-state index is 0.0123. The highest BCUT2D eigenvalue weighted by atomic mass is 16.2. The summed E-state index contributed by atoms with van der Waals surface area (Å²) in [6.07, 6.45) is 2.63. The molecule has 1 aliphatic heterocycles. The van der Waals surface area contributed by atoms with Gasteiger partial charge in [-0.25, -0.2) is 0 Å². The maximum absolute atomic E-state index is 13.3. The molecule has 0 radical (unpaired) electrons. The number of amides is 2. The van der Waals surface area contributed by atoms with E-state index in [1.807, 2.05) is 57.2 Å². The van der Waals surface area contributed by atoms with Crippen LogP contribution in [0.3, 0.4) is 0 Å². The SMILES string of the molecule is Cc1cccc(NC(=O)CN2C(=O)C3CCCC3=Nc3cc(C)c(C)cc32)c1. The van der Waals surface area contributed by atoms with E-state index in [9.17, 15) is 9.59 Å². The van der Waals surface area contributed by atoms with Gasteiger partial charge in [-0.2, -0.15) is 0 Å². The summed E-state index contributed by atoms with van der Waals surface area (Å²) < 4.78 is 0. The summed E-state index contributed by atoms with van der Waals surface area (Å²) in [5, 5.41) is 2.92. The van der Waals surface area contributed by atoms with Crippen LogP contribution in [-0.4, -0.2) is 24.1 Å². The molecule has 0 spiro atoms. The van der Waals surface area contributed by atoms with E-state index in [1.165, 1.54) is 0 Å². The van der Waals surface area contributed by atoms with Crippen LogP contribution in [0.15, 0.2) is 41.4 Å². The van der Waals surface area contributed by atoms with Crippen molar-refractivity contribution in [3.63, 3.8) is 0 Å². The second-order valence-corrected chi connectivity index (χ2v) is 7.82. The van der Waals surface area contributed by atoms with Crippen LogP contribution in [0.2, 0.25) is 0 Å². The smallest absolute Gasteiger partial charge is 0.244 e. The standard InChI is InChI=1S/C23H25N3O2/c1-14-6-4-7-17(10-14)24-22(27)13-26-21-12-16(3)15(2)11-20(21)25-19-9-5-8-18(19)23(26)28/h4,6-7,10-12,18H,5,8-9,13H2,1-3H3,(H,24,27). The van der Waals surface area contributed by atoms with Crippen molar-refractivity contribution in [3.8, 4) is 0 Å². The number of benzene rings is 2. The van der Waals surface area contributed by atoms with E-state index in [4.69, 9.17) is 4.99 Å². The number of hydrogen-bond donors (Lipinski definition) is 1. The topological polar surface area (TPSA) is 61.8 Å². The van der Waals surface area contributed by atoms with Crippen molar-refractivity contribution in [2.75, 3.05) is 16.8 Å². The minimum Gasteiger partial charge on any atom is -0.325 e. The van der Waals surface area contributed by atoms with Crippen LogP contribution in [0.4, 0.5) is 17.1 Å². The Morgan fingerprint density at radius 1 is 1.18 bits per heavy atom. The third-order valence-electron chi connectivity index (χ3n) is 5.64. The van der Waals surface area contributed by atoms with Crippen LogP contribution in [-0.2, 0) is 9.59 Å². The second-order valence-electron chi connectivity index (χ2n) is 7.82. The summed E-state index contributed by atoms with van der Waals surface area (Å²) >= 11 is 0. The Morgan fingerprint density at radius 3 is 2.75 bits per heavy atom. The van der Waals surface area contributed by atoms with Crippen molar-refractivity contribution in [3.05, 3.63) is 53.1 Å². The largest absolute Gasteiger partial charge is 0.325 e. The summed E-state index contributed by atoms with van der Waals surface area (Å²) in [6, 6.07) is 11.7. The first-order valence-corrected chi connectivity index (χ1v) is 9.79. The van der Waals surface area contributed by atoms with E-state index < -0.39 is 0 Å². The van der Waals surface area contributed by atoms with E-state index in [0.717, 1.165) is 58.7 Å². The molecule has 1 atom stereocenters. The van der Waals surface area contributed by atoms with Gasteiger partial charge in [-0.1, -0.05) is 12.1 Å². The molecule has 1 unspecified atom stereocenters. The van der Waals surface area contributed by atoms with E-state index in [1.54, 1.807) is 4.90 Å². The highest BCUT2D eigenvalue weighted by molar-refractivity contribution is 6.16. The Balaban J connectivity index is 1.67. The highest BCUT2D eigenvalue weighted by Gasteiger charge is 2.37. The lowest BCUT2D eigenvalue weighted by molar-refractivity contribution is -0.122. The molecule has 1 aliphatic carbocycles. The second kappa shape index (κ2) is 7.23. The number of rotatable bonds is 3. The lowest BCUT2D eigenvalue weighted by Gasteiger charge is -2.25. The van der Waals surface area contributed by atoms with Crippen molar-refractivity contribution >= 4 is 34.6 Å². The normalized spacial score (nSPS) is 18.2. The van der Waals surface area contributed by atoms with E-state index in [0.29, 0.717) is 0 Å². The summed E-state index contributed by atoms with van der Waals surface area (Å²) in [4.78, 5) is 32.5. The molecule has 1 saturated carbocycles. The first-order valence-electron chi connectivity index (χ1n) is 9.79. The van der Waals surface area contributed by atoms with Crippen molar-refractivity contribution < 1.29 is 9.59 Å². The number of fused-ring (bicyclic) bond motifs is 2. The number of anilines is 2. The number of aliphatic imine (C=N–C) groups is 1. The molecule has 2 aromatic carbocycles. The summed E-state index contributed by atoms with van der Waals surface area (Å²) in [5.41, 5.74) is 6.51. The van der Waals surface area contributed by atoms with Gasteiger partial charge in [0.1, 0.15) is 6.54 Å². The number of carbonyl (C=O) groups is 2. The van der Waals surface area contributed by atoms with Gasteiger partial charge in [0.25, 0.3) is 0 Å². The lowest BCUT2D eigenvalue weighted by Crippen LogP contribution is -2.42. The Bertz CT molecular complexity index is 993. The molecule has 28 heavy (non-hydrogen) atoms. The summed E-state index contributed by atoms with van der Waals surface area (Å²) in [5.74, 6) is -0.429. The number of nitrogens with one attached hydrogen (secondary N) is 1. The zero-order valence-electron chi connectivity index (χ0n) is 16.6. The van der Waals surface area contributed by atoms with E-state index >= 15 is 0 Å². The average molecular weight is 375 g/mol. The van der Waals surface area contributed by atoms with Crippen LogP contribution in [0.1, 0.15) is 36.0 Å². The van der Waals surface area contributed by atoms with Gasteiger partial charge in [-0.3, -0.25) is 14.6 Å². The monoisotopic (exact) mass is 375 g/mol. The average Bonchev–Trinajstić information content (AvgIpc) is 3.07. The van der Waals surface area contributed by atoms with Gasteiger partial charge in [-0.15, -0.1) is 0 Å². The van der Waals surface area contributed by atoms with Gasteiger partial charge >= 0.3 is 0 Å². The maximum Gasteiger partial charge on any atom is 0.244 e. The van der Waals surface area contributed by atoms with Gasteiger partial charge in [0.05, 0.1) is 17.3 Å². The molecule has 0 saturated heterocycles. The predicted octanol–water partition coefficient (Wildman–Crippen LogP) is 4.47. The minimum atomic E-state index is -0.209. The molecular weight excluding hydrogens is 350 g/mol. The molecular formula is C23H25N3O2. The first-order chi connectivity index (χ1) is 13.4. The van der Waals surface area contributed by atoms with Crippen LogP contribution >= 0.6 is 0 Å². The quantitative estimate of drug-likeness (QED) is 0.860. The number of carbonyl (C=O) groups excluding carboxylic acids is 2. The summed E-state index contributed by atoms with van der Waals surface area (Å²) in [7, 11) is 0. The zero-order valence-corrected chi connectivity index (χ0v) is 16.6. The van der Waals surface area contributed by atoms with Crippen molar-refractivity contribution in [2.24, 2.45) is 10.9 Å². The molecule has 2 aliphatic rings. The van der Waals surface area contributed by atoms with Crippen LogP contribution in [0.25, 0.3) is 0 Å². The number of hydrogen-bond acceptors (Lipinski definition) is 3. The molecule has 1 N–H and O–H groups in total. The molecule has 0 bridgehead atoms. The lowest BCUT2D eigenvalue weighted by atomic mass is 10.0. The third-order valence-corrected chi connectivity index (χ3v) is 5.64. The molecule has 1 fully saturated rings. The van der Waals surface area contributed by atoms with Crippen LogP contribution in [0, 0.1) is 26.7 Å². The fourth-order valence-corrected chi connectivity index (χ4v) is 4.01. The zero-order chi connectivity index (χ0) is 19.8. The van der Waals surface area contributed by atoms with Gasteiger partial charge in [0.2, 0.25) is 11.8 Å². The molecule has 2 aromatic rings.